The molecule has 0 aliphatic rings. The molecule has 0 bridgehead atoms. The Kier molecular flexibility index (Phi) is 4.12. The Morgan fingerprint density at radius 1 is 1.19 bits per heavy atom. The molecule has 3 aromatic rings. The molecular weight excluding hydrogens is 282 g/mol. The van der Waals surface area contributed by atoms with Crippen molar-refractivity contribution < 1.29 is 4.42 Å². The quantitative estimate of drug-likeness (QED) is 0.680. The second-order valence-corrected chi connectivity index (χ2v) is 5.37. The van der Waals surface area contributed by atoms with Crippen molar-refractivity contribution in [2.45, 2.75) is 13.5 Å². The van der Waals surface area contributed by atoms with Gasteiger partial charge in [-0.3, -0.25) is 4.99 Å². The zero-order valence-corrected chi connectivity index (χ0v) is 12.5. The van der Waals surface area contributed by atoms with Gasteiger partial charge in [-0.25, -0.2) is 4.68 Å². The van der Waals surface area contributed by atoms with Crippen LogP contribution in [0.25, 0.3) is 0 Å². The molecule has 0 atom stereocenters. The van der Waals surface area contributed by atoms with Gasteiger partial charge in [0.05, 0.1) is 24.7 Å². The van der Waals surface area contributed by atoms with Gasteiger partial charge in [-0.15, -0.1) is 11.3 Å². The molecule has 0 saturated heterocycles. The third kappa shape index (κ3) is 3.38. The fourth-order valence-electron chi connectivity index (χ4n) is 1.86. The van der Waals surface area contributed by atoms with Gasteiger partial charge in [-0.05, 0) is 24.6 Å². The highest BCUT2D eigenvalue weighted by Crippen LogP contribution is 2.03. The first-order valence-corrected chi connectivity index (χ1v) is 7.50. The molecule has 0 unspecified atom stereocenters. The Morgan fingerprint density at radius 2 is 2.05 bits per heavy atom. The van der Waals surface area contributed by atoms with Gasteiger partial charge in [0.1, 0.15) is 5.76 Å². The van der Waals surface area contributed by atoms with Crippen molar-refractivity contribution in [2.24, 2.45) is 10.1 Å². The molecule has 3 rings (SSSR count). The van der Waals surface area contributed by atoms with Crippen molar-refractivity contribution >= 4 is 17.6 Å². The number of thiazole rings is 1. The number of furan rings is 1. The number of rotatable bonds is 4. The van der Waals surface area contributed by atoms with E-state index >= 15 is 0 Å². The summed E-state index contributed by atoms with van der Waals surface area (Å²) in [5.74, 6) is 0.724. The maximum atomic E-state index is 5.25. The fraction of sp³-hybridized carbons (Fsp3) is 0.125. The second kappa shape index (κ2) is 6.37. The summed E-state index contributed by atoms with van der Waals surface area (Å²) in [5, 5.41) is 6.48. The highest BCUT2D eigenvalue weighted by Gasteiger charge is 1.99. The lowest BCUT2D eigenvalue weighted by Gasteiger charge is -1.97. The average Bonchev–Trinajstić information content (AvgIpc) is 3.14. The first kappa shape index (κ1) is 13.6. The van der Waals surface area contributed by atoms with Crippen LogP contribution in [0.2, 0.25) is 0 Å². The maximum Gasteiger partial charge on any atom is 0.206 e. The van der Waals surface area contributed by atoms with Crippen molar-refractivity contribution in [1.82, 2.24) is 4.68 Å². The van der Waals surface area contributed by atoms with E-state index in [1.54, 1.807) is 23.8 Å². The van der Waals surface area contributed by atoms with Crippen LogP contribution in [-0.4, -0.2) is 10.9 Å². The molecule has 0 spiro atoms. The highest BCUT2D eigenvalue weighted by molar-refractivity contribution is 7.07. The van der Waals surface area contributed by atoms with Crippen molar-refractivity contribution in [1.29, 1.82) is 0 Å². The van der Waals surface area contributed by atoms with E-state index in [2.05, 4.69) is 22.2 Å². The van der Waals surface area contributed by atoms with E-state index in [0.717, 1.165) is 16.3 Å². The minimum absolute atomic E-state index is 0.650. The summed E-state index contributed by atoms with van der Waals surface area (Å²) in [5.41, 5.74) is 2.24. The van der Waals surface area contributed by atoms with Gasteiger partial charge < -0.3 is 4.42 Å². The minimum Gasteiger partial charge on any atom is -0.463 e. The van der Waals surface area contributed by atoms with Crippen molar-refractivity contribution in [2.75, 3.05) is 0 Å². The lowest BCUT2D eigenvalue weighted by molar-refractivity contribution is 0.559. The molecule has 0 fully saturated rings. The molecule has 2 heterocycles. The second-order valence-electron chi connectivity index (χ2n) is 4.53. The van der Waals surface area contributed by atoms with Crippen LogP contribution in [0.3, 0.4) is 0 Å². The molecule has 0 aliphatic heterocycles. The predicted molar refractivity (Wildman–Crippen MR) is 84.5 cm³/mol. The molecule has 1 aromatic carbocycles. The third-order valence-electron chi connectivity index (χ3n) is 2.93. The van der Waals surface area contributed by atoms with Gasteiger partial charge in [0, 0.05) is 5.38 Å². The van der Waals surface area contributed by atoms with Gasteiger partial charge in [0.25, 0.3) is 0 Å². The number of aryl methyl sites for hydroxylation is 1. The van der Waals surface area contributed by atoms with E-state index < -0.39 is 0 Å². The Balaban J connectivity index is 1.86. The summed E-state index contributed by atoms with van der Waals surface area (Å²) in [4.78, 5) is 5.51. The summed E-state index contributed by atoms with van der Waals surface area (Å²) in [6.45, 7) is 2.66. The SMILES string of the molecule is Cc1csc(=NCc2ccccc2)n1N=Cc1ccco1. The molecule has 0 radical (unpaired) electrons. The molecule has 4 nitrogen and oxygen atoms in total. The minimum atomic E-state index is 0.650. The largest absolute Gasteiger partial charge is 0.463 e. The predicted octanol–water partition coefficient (Wildman–Crippen LogP) is 3.43. The Labute approximate surface area is 126 Å². The van der Waals surface area contributed by atoms with Gasteiger partial charge in [0.2, 0.25) is 4.80 Å². The van der Waals surface area contributed by atoms with Gasteiger partial charge in [-0.1, -0.05) is 30.3 Å². The van der Waals surface area contributed by atoms with E-state index in [9.17, 15) is 0 Å². The zero-order chi connectivity index (χ0) is 14.5. The van der Waals surface area contributed by atoms with Crippen LogP contribution in [0.15, 0.2) is 68.6 Å². The van der Waals surface area contributed by atoms with E-state index in [-0.39, 0.29) is 0 Å². The van der Waals surface area contributed by atoms with E-state index in [4.69, 9.17) is 4.42 Å². The fourth-order valence-corrected chi connectivity index (χ4v) is 2.66. The highest BCUT2D eigenvalue weighted by atomic mass is 32.1. The topological polar surface area (TPSA) is 42.8 Å². The summed E-state index contributed by atoms with van der Waals surface area (Å²) in [7, 11) is 0. The average molecular weight is 297 g/mol. The summed E-state index contributed by atoms with van der Waals surface area (Å²) >= 11 is 1.58. The third-order valence-corrected chi connectivity index (χ3v) is 3.91. The molecule has 0 amide bonds. The van der Waals surface area contributed by atoms with Crippen molar-refractivity contribution in [3.05, 3.63) is 75.9 Å². The molecule has 21 heavy (non-hydrogen) atoms. The zero-order valence-electron chi connectivity index (χ0n) is 11.6. The van der Waals surface area contributed by atoms with Crippen LogP contribution in [0.4, 0.5) is 0 Å². The van der Waals surface area contributed by atoms with Crippen LogP contribution in [0.5, 0.6) is 0 Å². The molecule has 5 heteroatoms. The van der Waals surface area contributed by atoms with Gasteiger partial charge in [0.15, 0.2) is 0 Å². The number of benzene rings is 1. The van der Waals surface area contributed by atoms with Gasteiger partial charge in [-0.2, -0.15) is 5.10 Å². The van der Waals surface area contributed by atoms with Gasteiger partial charge >= 0.3 is 0 Å². The summed E-state index contributed by atoms with van der Waals surface area (Å²) < 4.78 is 7.08. The van der Waals surface area contributed by atoms with E-state index in [1.165, 1.54) is 5.56 Å². The molecule has 2 aromatic heterocycles. The Bertz CT molecular complexity index is 783. The first-order chi connectivity index (χ1) is 10.3. The smallest absolute Gasteiger partial charge is 0.206 e. The summed E-state index contributed by atoms with van der Waals surface area (Å²) in [6.07, 6.45) is 3.33. The number of hydrogen-bond acceptors (Lipinski definition) is 4. The summed E-state index contributed by atoms with van der Waals surface area (Å²) in [6, 6.07) is 13.9. The normalized spacial score (nSPS) is 12.3. The Morgan fingerprint density at radius 3 is 2.81 bits per heavy atom. The Hall–Kier alpha value is -2.40. The van der Waals surface area contributed by atoms with Crippen molar-refractivity contribution in [3.8, 4) is 0 Å². The molecular formula is C16H15N3OS. The van der Waals surface area contributed by atoms with Crippen LogP contribution in [0, 0.1) is 6.92 Å². The molecule has 0 saturated carbocycles. The first-order valence-electron chi connectivity index (χ1n) is 6.62. The number of nitrogens with zero attached hydrogens (tertiary/aromatic N) is 3. The number of aromatic nitrogens is 1. The van der Waals surface area contributed by atoms with E-state index in [0.29, 0.717) is 6.54 Å². The monoisotopic (exact) mass is 297 g/mol. The van der Waals surface area contributed by atoms with Crippen LogP contribution in [-0.2, 0) is 6.54 Å². The van der Waals surface area contributed by atoms with Crippen LogP contribution < -0.4 is 4.80 Å². The lowest BCUT2D eigenvalue weighted by Crippen LogP contribution is -2.12. The molecule has 106 valence electrons. The van der Waals surface area contributed by atoms with Crippen LogP contribution in [0.1, 0.15) is 17.0 Å². The lowest BCUT2D eigenvalue weighted by atomic mass is 10.2. The molecule has 0 N–H and O–H groups in total. The molecule has 0 aliphatic carbocycles. The number of hydrogen-bond donors (Lipinski definition) is 0. The maximum absolute atomic E-state index is 5.25. The van der Waals surface area contributed by atoms with Crippen molar-refractivity contribution in [3.63, 3.8) is 0 Å². The standard InChI is InChI=1S/C16H15N3OS/c1-13-12-21-16(17-10-14-6-3-2-4-7-14)19(13)18-11-15-8-5-9-20-15/h2-9,11-12H,10H2,1H3. The van der Waals surface area contributed by atoms with Crippen LogP contribution >= 0.6 is 11.3 Å². The van der Waals surface area contributed by atoms with E-state index in [1.807, 2.05) is 47.3 Å².